The number of amides is 1. The van der Waals surface area contributed by atoms with Crippen LogP contribution in [0.4, 0.5) is 14.5 Å². The highest BCUT2D eigenvalue weighted by atomic mass is 32.2. The van der Waals surface area contributed by atoms with Crippen molar-refractivity contribution in [3.05, 3.63) is 41.7 Å². The summed E-state index contributed by atoms with van der Waals surface area (Å²) in [5.41, 5.74) is 1.11. The fraction of sp³-hybridized carbons (Fsp3) is 0.312. The zero-order valence-electron chi connectivity index (χ0n) is 13.6. The minimum atomic E-state index is -2.61. The SMILES string of the molecule is CC(C)c1[nH]ncc1C(=O)OCC(=O)Nc1ccccc1SC(F)F. The maximum absolute atomic E-state index is 12.5. The molecule has 9 heteroatoms. The number of halogens is 2. The van der Waals surface area contributed by atoms with Crippen molar-refractivity contribution in [1.29, 1.82) is 0 Å². The minimum absolute atomic E-state index is 0.0390. The molecule has 0 saturated heterocycles. The summed E-state index contributed by atoms with van der Waals surface area (Å²) in [6.07, 6.45) is 1.34. The van der Waals surface area contributed by atoms with E-state index < -0.39 is 24.2 Å². The van der Waals surface area contributed by atoms with Crippen LogP contribution in [0.25, 0.3) is 0 Å². The van der Waals surface area contributed by atoms with Gasteiger partial charge in [-0.3, -0.25) is 9.89 Å². The summed E-state index contributed by atoms with van der Waals surface area (Å²) >= 11 is 0.326. The van der Waals surface area contributed by atoms with Crippen LogP contribution in [0.3, 0.4) is 0 Å². The molecule has 0 aliphatic carbocycles. The largest absolute Gasteiger partial charge is 0.452 e. The summed E-state index contributed by atoms with van der Waals surface area (Å²) in [6, 6.07) is 6.17. The number of anilines is 1. The molecule has 0 aliphatic heterocycles. The highest BCUT2D eigenvalue weighted by molar-refractivity contribution is 7.99. The van der Waals surface area contributed by atoms with Crippen LogP contribution in [0.5, 0.6) is 0 Å². The van der Waals surface area contributed by atoms with E-state index in [-0.39, 0.29) is 22.1 Å². The third-order valence-corrected chi connectivity index (χ3v) is 3.97. The van der Waals surface area contributed by atoms with Crippen LogP contribution in [0.2, 0.25) is 0 Å². The first-order valence-corrected chi connectivity index (χ1v) is 8.30. The number of carbonyl (C=O) groups excluding carboxylic acids is 2. The maximum Gasteiger partial charge on any atom is 0.342 e. The lowest BCUT2D eigenvalue weighted by molar-refractivity contribution is -0.119. The molecule has 0 aliphatic rings. The molecule has 0 atom stereocenters. The quantitative estimate of drug-likeness (QED) is 0.575. The Hall–Kier alpha value is -2.42. The Morgan fingerprint density at radius 1 is 1.32 bits per heavy atom. The summed E-state index contributed by atoms with van der Waals surface area (Å²) in [4.78, 5) is 24.2. The number of carbonyl (C=O) groups is 2. The van der Waals surface area contributed by atoms with Gasteiger partial charge in [-0.1, -0.05) is 37.7 Å². The number of alkyl halides is 2. The van der Waals surface area contributed by atoms with E-state index in [1.165, 1.54) is 18.3 Å². The number of nitrogens with zero attached hydrogens (tertiary/aromatic N) is 1. The van der Waals surface area contributed by atoms with Gasteiger partial charge in [-0.25, -0.2) is 4.79 Å². The lowest BCUT2D eigenvalue weighted by Crippen LogP contribution is -2.21. The minimum Gasteiger partial charge on any atom is -0.452 e. The van der Waals surface area contributed by atoms with Gasteiger partial charge in [-0.15, -0.1) is 0 Å². The van der Waals surface area contributed by atoms with Crippen molar-refractivity contribution < 1.29 is 23.1 Å². The van der Waals surface area contributed by atoms with Crippen molar-refractivity contribution in [2.45, 2.75) is 30.4 Å². The van der Waals surface area contributed by atoms with Crippen LogP contribution in [-0.4, -0.2) is 34.4 Å². The molecule has 6 nitrogen and oxygen atoms in total. The van der Waals surface area contributed by atoms with E-state index in [2.05, 4.69) is 15.5 Å². The van der Waals surface area contributed by atoms with Crippen molar-refractivity contribution in [3.63, 3.8) is 0 Å². The number of aromatic amines is 1. The topological polar surface area (TPSA) is 84.1 Å². The Kier molecular flexibility index (Phi) is 6.51. The number of ether oxygens (including phenoxy) is 1. The number of aromatic nitrogens is 2. The van der Waals surface area contributed by atoms with E-state index in [1.807, 2.05) is 13.8 Å². The lowest BCUT2D eigenvalue weighted by atomic mass is 10.1. The molecule has 0 bridgehead atoms. The third kappa shape index (κ3) is 5.28. The maximum atomic E-state index is 12.5. The summed E-state index contributed by atoms with van der Waals surface area (Å²) in [7, 11) is 0. The molecule has 25 heavy (non-hydrogen) atoms. The predicted molar refractivity (Wildman–Crippen MR) is 89.9 cm³/mol. The van der Waals surface area contributed by atoms with E-state index in [1.54, 1.807) is 12.1 Å². The van der Waals surface area contributed by atoms with Crippen LogP contribution in [-0.2, 0) is 9.53 Å². The molecule has 0 radical (unpaired) electrons. The van der Waals surface area contributed by atoms with Gasteiger partial charge in [-0.05, 0) is 18.1 Å². The van der Waals surface area contributed by atoms with Crippen molar-refractivity contribution in [1.82, 2.24) is 10.2 Å². The zero-order valence-corrected chi connectivity index (χ0v) is 14.4. The monoisotopic (exact) mass is 369 g/mol. The highest BCUT2D eigenvalue weighted by Gasteiger charge is 2.19. The van der Waals surface area contributed by atoms with E-state index >= 15 is 0 Å². The number of nitrogens with one attached hydrogen (secondary N) is 2. The first kappa shape index (κ1) is 18.9. The fourth-order valence-corrected chi connectivity index (χ4v) is 2.66. The Morgan fingerprint density at radius 2 is 2.04 bits per heavy atom. The van der Waals surface area contributed by atoms with Gasteiger partial charge in [0.25, 0.3) is 11.7 Å². The van der Waals surface area contributed by atoms with Crippen molar-refractivity contribution in [2.24, 2.45) is 0 Å². The second-order valence-corrected chi connectivity index (χ2v) is 6.38. The first-order chi connectivity index (χ1) is 11.9. The van der Waals surface area contributed by atoms with E-state index in [0.29, 0.717) is 17.5 Å². The van der Waals surface area contributed by atoms with Crippen molar-refractivity contribution in [3.8, 4) is 0 Å². The Labute approximate surface area is 147 Å². The molecule has 2 aromatic rings. The number of H-pyrrole nitrogens is 1. The summed E-state index contributed by atoms with van der Waals surface area (Å²) in [6.45, 7) is 3.23. The van der Waals surface area contributed by atoms with Crippen molar-refractivity contribution in [2.75, 3.05) is 11.9 Å². The van der Waals surface area contributed by atoms with Gasteiger partial charge in [0.2, 0.25) is 0 Å². The predicted octanol–water partition coefficient (Wildman–Crippen LogP) is 3.64. The number of benzene rings is 1. The molecule has 2 N–H and O–H groups in total. The number of esters is 1. The lowest BCUT2D eigenvalue weighted by Gasteiger charge is -2.11. The number of para-hydroxylation sites is 1. The molecule has 1 amide bonds. The molecule has 0 saturated carbocycles. The van der Waals surface area contributed by atoms with Gasteiger partial charge in [0.15, 0.2) is 6.61 Å². The third-order valence-electron chi connectivity index (χ3n) is 3.18. The second kappa shape index (κ2) is 8.61. The van der Waals surface area contributed by atoms with Crippen LogP contribution in [0.15, 0.2) is 35.4 Å². The normalized spacial score (nSPS) is 11.0. The van der Waals surface area contributed by atoms with Crippen molar-refractivity contribution >= 4 is 29.3 Å². The van der Waals surface area contributed by atoms with E-state index in [9.17, 15) is 18.4 Å². The molecule has 1 heterocycles. The Morgan fingerprint density at radius 3 is 2.72 bits per heavy atom. The van der Waals surface area contributed by atoms with Gasteiger partial charge in [0.1, 0.15) is 5.56 Å². The average molecular weight is 369 g/mol. The molecule has 1 aromatic carbocycles. The van der Waals surface area contributed by atoms with E-state index in [4.69, 9.17) is 4.74 Å². The smallest absolute Gasteiger partial charge is 0.342 e. The number of hydrogen-bond donors (Lipinski definition) is 2. The molecule has 1 aromatic heterocycles. The number of rotatable bonds is 7. The van der Waals surface area contributed by atoms with Crippen LogP contribution < -0.4 is 5.32 Å². The average Bonchev–Trinajstić information content (AvgIpc) is 3.04. The van der Waals surface area contributed by atoms with Gasteiger partial charge in [-0.2, -0.15) is 13.9 Å². The standard InChI is InChI=1S/C16H17F2N3O3S/c1-9(2)14-10(7-19-21-14)15(23)24-8-13(22)20-11-5-3-4-6-12(11)25-16(17)18/h3-7,9,16H,8H2,1-2H3,(H,19,21)(H,20,22). The molecular formula is C16H17F2N3O3S. The molecule has 0 spiro atoms. The summed E-state index contributed by atoms with van der Waals surface area (Å²) in [5.74, 6) is -3.86. The highest BCUT2D eigenvalue weighted by Crippen LogP contribution is 2.31. The zero-order chi connectivity index (χ0) is 18.4. The molecule has 0 fully saturated rings. The van der Waals surface area contributed by atoms with E-state index in [0.717, 1.165) is 0 Å². The first-order valence-electron chi connectivity index (χ1n) is 7.42. The number of hydrogen-bond acceptors (Lipinski definition) is 5. The Bertz CT molecular complexity index is 750. The van der Waals surface area contributed by atoms with Crippen LogP contribution >= 0.6 is 11.8 Å². The van der Waals surface area contributed by atoms with Crippen LogP contribution in [0, 0.1) is 0 Å². The molecule has 2 rings (SSSR count). The molecule has 0 unspecified atom stereocenters. The van der Waals surface area contributed by atoms with Gasteiger partial charge < -0.3 is 10.1 Å². The van der Waals surface area contributed by atoms with Crippen LogP contribution in [0.1, 0.15) is 35.8 Å². The molecule has 134 valence electrons. The summed E-state index contributed by atoms with van der Waals surface area (Å²) in [5, 5.41) is 8.97. The van der Waals surface area contributed by atoms with Gasteiger partial charge in [0.05, 0.1) is 17.6 Å². The molecular weight excluding hydrogens is 352 g/mol. The van der Waals surface area contributed by atoms with Gasteiger partial charge >= 0.3 is 5.97 Å². The number of thioether (sulfide) groups is 1. The Balaban J connectivity index is 1.95. The fourth-order valence-electron chi connectivity index (χ4n) is 2.06. The second-order valence-electron chi connectivity index (χ2n) is 5.35. The van der Waals surface area contributed by atoms with Gasteiger partial charge in [0, 0.05) is 4.90 Å². The summed E-state index contributed by atoms with van der Waals surface area (Å²) < 4.78 is 30.0.